The quantitative estimate of drug-likeness (QED) is 0.846. The molecular formula is C15H22N4O2. The zero-order chi connectivity index (χ0) is 16.0. The highest BCUT2D eigenvalue weighted by Gasteiger charge is 2.14. The lowest BCUT2D eigenvalue weighted by Crippen LogP contribution is -2.36. The van der Waals surface area contributed by atoms with Crippen molar-refractivity contribution in [3.63, 3.8) is 0 Å². The Balaban J connectivity index is 2.83. The van der Waals surface area contributed by atoms with Gasteiger partial charge in [0, 0.05) is 39.1 Å². The third kappa shape index (κ3) is 4.91. The lowest BCUT2D eigenvalue weighted by atomic mass is 10.3. The average Bonchev–Trinajstić information content (AvgIpc) is 2.43. The number of hydrogen-bond donors (Lipinski definition) is 1. The van der Waals surface area contributed by atoms with Gasteiger partial charge in [0.25, 0.3) is 5.91 Å². The van der Waals surface area contributed by atoms with Crippen molar-refractivity contribution >= 4 is 17.6 Å². The minimum absolute atomic E-state index is 0.208. The van der Waals surface area contributed by atoms with Crippen molar-refractivity contribution in [1.82, 2.24) is 14.8 Å². The number of amides is 3. The summed E-state index contributed by atoms with van der Waals surface area (Å²) in [6.07, 6.45) is 1.50. The standard InChI is InChI=1S/C15H22N4O2/c1-6-19(10-11(2)3)15(21)17-12-7-8-16-13(9-12)14(20)18(4)5/h7-9H,2,6,10H2,1,3-5H3,(H,16,17,21). The third-order valence-electron chi connectivity index (χ3n) is 2.77. The van der Waals surface area contributed by atoms with Gasteiger partial charge in [-0.05, 0) is 26.0 Å². The van der Waals surface area contributed by atoms with Crippen LogP contribution in [0.4, 0.5) is 10.5 Å². The summed E-state index contributed by atoms with van der Waals surface area (Å²) < 4.78 is 0. The molecule has 0 aliphatic rings. The van der Waals surface area contributed by atoms with E-state index >= 15 is 0 Å². The molecule has 0 aromatic carbocycles. The predicted molar refractivity (Wildman–Crippen MR) is 83.3 cm³/mol. The average molecular weight is 290 g/mol. The van der Waals surface area contributed by atoms with E-state index < -0.39 is 0 Å². The van der Waals surface area contributed by atoms with Gasteiger partial charge in [0.05, 0.1) is 0 Å². The van der Waals surface area contributed by atoms with Gasteiger partial charge in [-0.25, -0.2) is 4.79 Å². The number of anilines is 1. The van der Waals surface area contributed by atoms with Crippen LogP contribution >= 0.6 is 0 Å². The number of nitrogens with one attached hydrogen (secondary N) is 1. The van der Waals surface area contributed by atoms with Crippen LogP contribution in [0.15, 0.2) is 30.5 Å². The number of nitrogens with zero attached hydrogens (tertiary/aromatic N) is 3. The first-order valence-corrected chi connectivity index (χ1v) is 6.73. The van der Waals surface area contributed by atoms with Gasteiger partial charge < -0.3 is 15.1 Å². The number of carbonyl (C=O) groups excluding carboxylic acids is 2. The predicted octanol–water partition coefficient (Wildman–Crippen LogP) is 2.21. The first kappa shape index (κ1) is 16.7. The van der Waals surface area contributed by atoms with Crippen LogP contribution in [0.2, 0.25) is 0 Å². The molecule has 1 aromatic heterocycles. The second-order valence-corrected chi connectivity index (χ2v) is 5.03. The molecule has 0 spiro atoms. The topological polar surface area (TPSA) is 65.5 Å². The first-order valence-electron chi connectivity index (χ1n) is 6.73. The molecule has 0 aliphatic heterocycles. The summed E-state index contributed by atoms with van der Waals surface area (Å²) in [5.74, 6) is -0.208. The number of rotatable bonds is 5. The number of hydrogen-bond acceptors (Lipinski definition) is 3. The van der Waals surface area contributed by atoms with E-state index in [0.717, 1.165) is 5.57 Å². The fourth-order valence-corrected chi connectivity index (χ4v) is 1.71. The van der Waals surface area contributed by atoms with E-state index in [2.05, 4.69) is 16.9 Å². The van der Waals surface area contributed by atoms with Crippen molar-refractivity contribution in [2.45, 2.75) is 13.8 Å². The Bertz CT molecular complexity index is 540. The lowest BCUT2D eigenvalue weighted by molar-refractivity contribution is 0.0822. The second-order valence-electron chi connectivity index (χ2n) is 5.03. The molecule has 0 unspecified atom stereocenters. The monoisotopic (exact) mass is 290 g/mol. The van der Waals surface area contributed by atoms with Gasteiger partial charge >= 0.3 is 6.03 Å². The Labute approximate surface area is 125 Å². The van der Waals surface area contributed by atoms with Gasteiger partial charge in [-0.2, -0.15) is 0 Å². The summed E-state index contributed by atoms with van der Waals surface area (Å²) in [7, 11) is 3.31. The molecule has 1 heterocycles. The molecule has 1 rings (SSSR count). The molecule has 0 atom stereocenters. The fourth-order valence-electron chi connectivity index (χ4n) is 1.71. The van der Waals surface area contributed by atoms with Crippen LogP contribution in [-0.2, 0) is 0 Å². The lowest BCUT2D eigenvalue weighted by Gasteiger charge is -2.21. The Morgan fingerprint density at radius 2 is 2.05 bits per heavy atom. The molecule has 0 fully saturated rings. The maximum absolute atomic E-state index is 12.2. The zero-order valence-electron chi connectivity index (χ0n) is 13.0. The van der Waals surface area contributed by atoms with Crippen molar-refractivity contribution in [1.29, 1.82) is 0 Å². The Morgan fingerprint density at radius 3 is 2.57 bits per heavy atom. The molecule has 0 aliphatic carbocycles. The van der Waals surface area contributed by atoms with Crippen molar-refractivity contribution in [2.75, 3.05) is 32.5 Å². The summed E-state index contributed by atoms with van der Waals surface area (Å²) in [5, 5.41) is 2.77. The highest BCUT2D eigenvalue weighted by molar-refractivity contribution is 5.95. The van der Waals surface area contributed by atoms with E-state index in [-0.39, 0.29) is 11.9 Å². The van der Waals surface area contributed by atoms with Crippen molar-refractivity contribution < 1.29 is 9.59 Å². The van der Waals surface area contributed by atoms with Gasteiger partial charge in [-0.15, -0.1) is 0 Å². The van der Waals surface area contributed by atoms with Gasteiger partial charge in [0.1, 0.15) is 5.69 Å². The van der Waals surface area contributed by atoms with Crippen LogP contribution < -0.4 is 5.32 Å². The molecule has 6 nitrogen and oxygen atoms in total. The highest BCUT2D eigenvalue weighted by Crippen LogP contribution is 2.11. The summed E-state index contributed by atoms with van der Waals surface area (Å²) >= 11 is 0. The smallest absolute Gasteiger partial charge is 0.322 e. The highest BCUT2D eigenvalue weighted by atomic mass is 16.2. The molecule has 21 heavy (non-hydrogen) atoms. The SMILES string of the molecule is C=C(C)CN(CC)C(=O)Nc1ccnc(C(=O)N(C)C)c1. The van der Waals surface area contributed by atoms with E-state index in [9.17, 15) is 9.59 Å². The van der Waals surface area contributed by atoms with Crippen molar-refractivity contribution in [3.05, 3.63) is 36.2 Å². The molecule has 0 radical (unpaired) electrons. The minimum Gasteiger partial charge on any atom is -0.343 e. The molecular weight excluding hydrogens is 268 g/mol. The minimum atomic E-state index is -0.227. The van der Waals surface area contributed by atoms with Crippen LogP contribution in [0, 0.1) is 0 Å². The molecule has 1 aromatic rings. The fraction of sp³-hybridized carbons (Fsp3) is 0.400. The summed E-state index contributed by atoms with van der Waals surface area (Å²) in [4.78, 5) is 31.1. The van der Waals surface area contributed by atoms with Gasteiger partial charge in [-0.3, -0.25) is 9.78 Å². The zero-order valence-corrected chi connectivity index (χ0v) is 13.0. The molecule has 6 heteroatoms. The number of carbonyl (C=O) groups is 2. The van der Waals surface area contributed by atoms with E-state index in [1.165, 1.54) is 11.1 Å². The van der Waals surface area contributed by atoms with E-state index in [1.807, 2.05) is 13.8 Å². The molecule has 3 amide bonds. The van der Waals surface area contributed by atoms with Crippen LogP contribution in [0.3, 0.4) is 0 Å². The van der Waals surface area contributed by atoms with E-state index in [1.54, 1.807) is 31.1 Å². The summed E-state index contributed by atoms with van der Waals surface area (Å²) in [5.41, 5.74) is 1.74. The number of aromatic nitrogens is 1. The summed E-state index contributed by atoms with van der Waals surface area (Å²) in [6, 6.07) is 2.99. The van der Waals surface area contributed by atoms with E-state index in [4.69, 9.17) is 0 Å². The van der Waals surface area contributed by atoms with Crippen LogP contribution in [0.1, 0.15) is 24.3 Å². The molecule has 0 bridgehead atoms. The van der Waals surface area contributed by atoms with Crippen LogP contribution in [0.25, 0.3) is 0 Å². The second kappa shape index (κ2) is 7.42. The molecule has 114 valence electrons. The van der Waals surface area contributed by atoms with Crippen molar-refractivity contribution in [3.8, 4) is 0 Å². The van der Waals surface area contributed by atoms with Crippen molar-refractivity contribution in [2.24, 2.45) is 0 Å². The maximum atomic E-state index is 12.2. The number of urea groups is 1. The maximum Gasteiger partial charge on any atom is 0.322 e. The van der Waals surface area contributed by atoms with Gasteiger partial charge in [-0.1, -0.05) is 12.2 Å². The Kier molecular flexibility index (Phi) is 5.90. The molecule has 0 saturated heterocycles. The number of likely N-dealkylation sites (N-methyl/N-ethyl adjacent to an activating group) is 1. The third-order valence-corrected chi connectivity index (χ3v) is 2.77. The van der Waals surface area contributed by atoms with Gasteiger partial charge in [0.2, 0.25) is 0 Å². The Morgan fingerprint density at radius 1 is 1.38 bits per heavy atom. The van der Waals surface area contributed by atoms with E-state index in [0.29, 0.717) is 24.5 Å². The largest absolute Gasteiger partial charge is 0.343 e. The Hall–Kier alpha value is -2.37. The number of pyridine rings is 1. The molecule has 0 saturated carbocycles. The van der Waals surface area contributed by atoms with Crippen LogP contribution in [-0.4, -0.2) is 53.9 Å². The normalized spacial score (nSPS) is 9.90. The van der Waals surface area contributed by atoms with Gasteiger partial charge in [0.15, 0.2) is 0 Å². The molecule has 1 N–H and O–H groups in total. The van der Waals surface area contributed by atoms with Crippen LogP contribution in [0.5, 0.6) is 0 Å². The first-order chi connectivity index (χ1) is 9.85. The summed E-state index contributed by atoms with van der Waals surface area (Å²) in [6.45, 7) is 8.65.